The maximum atomic E-state index is 12.9. The molecular weight excluding hydrogens is 435 g/mol. The first kappa shape index (κ1) is 23.4. The minimum atomic E-state index is -0.577. The van der Waals surface area contributed by atoms with E-state index < -0.39 is 5.60 Å². The maximum Gasteiger partial charge on any atom is 0.410 e. The summed E-state index contributed by atoms with van der Waals surface area (Å²) in [6.45, 7) is 8.41. The van der Waals surface area contributed by atoms with E-state index in [-0.39, 0.29) is 24.0 Å². The topological polar surface area (TPSA) is 58.6 Å². The number of carbonyl (C=O) groups excluding carboxylic acids is 2. The number of amides is 2. The molecule has 0 bridgehead atoms. The summed E-state index contributed by atoms with van der Waals surface area (Å²) in [7, 11) is 0. The molecule has 1 N–H and O–H groups in total. The molecule has 2 atom stereocenters. The Balaban J connectivity index is 1.83. The molecule has 5 nitrogen and oxygen atoms in total. The van der Waals surface area contributed by atoms with Crippen LogP contribution in [0.4, 0.5) is 4.79 Å². The smallest absolute Gasteiger partial charge is 0.410 e. The highest BCUT2D eigenvalue weighted by molar-refractivity contribution is 6.42. The largest absolute Gasteiger partial charge is 0.444 e. The van der Waals surface area contributed by atoms with Gasteiger partial charge in [-0.15, -0.1) is 0 Å². The average molecular weight is 463 g/mol. The molecule has 1 saturated heterocycles. The SMILES string of the molecule is Cc1ccc(C(=O)N[C@@H]2CCN(C(=O)OC(C)(C)C)CC2c2ccc(Cl)c(Cl)c2)cc1. The number of likely N-dealkylation sites (tertiary alicyclic amines) is 1. The van der Waals surface area contributed by atoms with Crippen LogP contribution in [0.2, 0.25) is 10.0 Å². The Hall–Kier alpha value is -2.24. The number of halogens is 2. The molecule has 1 fully saturated rings. The molecule has 0 aromatic heterocycles. The Bertz CT molecular complexity index is 954. The standard InChI is InChI=1S/C24H28Cl2N2O3/c1-15-5-7-16(8-6-15)22(29)27-21-11-12-28(23(30)31-24(2,3)4)14-18(21)17-9-10-19(25)20(26)13-17/h5-10,13,18,21H,11-12,14H2,1-4H3,(H,27,29)/t18?,21-/m1/s1. The van der Waals surface area contributed by atoms with Gasteiger partial charge in [0.2, 0.25) is 0 Å². The van der Waals surface area contributed by atoms with E-state index >= 15 is 0 Å². The van der Waals surface area contributed by atoms with Crippen LogP contribution in [-0.2, 0) is 4.74 Å². The van der Waals surface area contributed by atoms with Crippen LogP contribution < -0.4 is 5.32 Å². The van der Waals surface area contributed by atoms with Crippen molar-refractivity contribution in [3.05, 3.63) is 69.2 Å². The van der Waals surface area contributed by atoms with E-state index in [1.165, 1.54) is 0 Å². The van der Waals surface area contributed by atoms with E-state index in [1.807, 2.05) is 58.0 Å². The van der Waals surface area contributed by atoms with Crippen LogP contribution in [0, 0.1) is 6.92 Å². The first-order chi connectivity index (χ1) is 14.5. The molecule has 3 rings (SSSR count). The summed E-state index contributed by atoms with van der Waals surface area (Å²) in [4.78, 5) is 27.2. The van der Waals surface area contributed by atoms with Gasteiger partial charge in [0.1, 0.15) is 5.60 Å². The fraction of sp³-hybridized carbons (Fsp3) is 0.417. The zero-order chi connectivity index (χ0) is 22.8. The van der Waals surface area contributed by atoms with Gasteiger partial charge < -0.3 is 15.0 Å². The van der Waals surface area contributed by atoms with Gasteiger partial charge in [-0.25, -0.2) is 4.79 Å². The Morgan fingerprint density at radius 2 is 1.74 bits per heavy atom. The molecule has 166 valence electrons. The van der Waals surface area contributed by atoms with Crippen molar-refractivity contribution >= 4 is 35.2 Å². The number of carbonyl (C=O) groups is 2. The normalized spacial score (nSPS) is 19.1. The maximum absolute atomic E-state index is 12.9. The van der Waals surface area contributed by atoms with Crippen molar-refractivity contribution in [2.24, 2.45) is 0 Å². The fourth-order valence-electron chi connectivity index (χ4n) is 3.65. The summed E-state index contributed by atoms with van der Waals surface area (Å²) < 4.78 is 5.55. The highest BCUT2D eigenvalue weighted by Crippen LogP contribution is 2.32. The molecule has 1 aliphatic heterocycles. The summed E-state index contributed by atoms with van der Waals surface area (Å²) in [6.07, 6.45) is 0.239. The van der Waals surface area contributed by atoms with E-state index in [1.54, 1.807) is 17.0 Å². The van der Waals surface area contributed by atoms with Crippen LogP contribution in [0.15, 0.2) is 42.5 Å². The fourth-order valence-corrected chi connectivity index (χ4v) is 3.96. The van der Waals surface area contributed by atoms with Gasteiger partial charge in [0.25, 0.3) is 5.91 Å². The van der Waals surface area contributed by atoms with E-state index in [2.05, 4.69) is 5.32 Å². The van der Waals surface area contributed by atoms with Crippen molar-refractivity contribution in [1.82, 2.24) is 10.2 Å². The minimum Gasteiger partial charge on any atom is -0.444 e. The van der Waals surface area contributed by atoms with Gasteiger partial charge in [0, 0.05) is 30.6 Å². The van der Waals surface area contributed by atoms with Crippen LogP contribution in [0.1, 0.15) is 54.6 Å². The van der Waals surface area contributed by atoms with Crippen molar-refractivity contribution in [3.63, 3.8) is 0 Å². The molecule has 1 aliphatic rings. The number of ether oxygens (including phenoxy) is 1. The highest BCUT2D eigenvalue weighted by Gasteiger charge is 2.35. The third kappa shape index (κ3) is 6.14. The summed E-state index contributed by atoms with van der Waals surface area (Å²) in [6, 6.07) is 12.7. The second kappa shape index (κ2) is 9.49. The zero-order valence-electron chi connectivity index (χ0n) is 18.2. The van der Waals surface area contributed by atoms with Crippen molar-refractivity contribution in [3.8, 4) is 0 Å². The summed E-state index contributed by atoms with van der Waals surface area (Å²) in [5.74, 6) is -0.286. The van der Waals surface area contributed by atoms with Crippen molar-refractivity contribution in [1.29, 1.82) is 0 Å². The lowest BCUT2D eigenvalue weighted by Crippen LogP contribution is -2.52. The van der Waals surface area contributed by atoms with Gasteiger partial charge in [0.05, 0.1) is 10.0 Å². The molecule has 1 unspecified atom stereocenters. The van der Waals surface area contributed by atoms with Gasteiger partial charge in [-0.2, -0.15) is 0 Å². The molecule has 31 heavy (non-hydrogen) atoms. The number of piperidine rings is 1. The first-order valence-electron chi connectivity index (χ1n) is 10.3. The molecule has 0 saturated carbocycles. The second-order valence-corrected chi connectivity index (χ2v) is 9.76. The third-order valence-corrected chi connectivity index (χ3v) is 6.01. The van der Waals surface area contributed by atoms with E-state index in [0.717, 1.165) is 11.1 Å². The Labute approximate surface area is 193 Å². The van der Waals surface area contributed by atoms with Gasteiger partial charge in [-0.05, 0) is 63.9 Å². The third-order valence-electron chi connectivity index (χ3n) is 5.27. The molecule has 0 radical (unpaired) electrons. The number of nitrogens with zero attached hydrogens (tertiary/aromatic N) is 1. The second-order valence-electron chi connectivity index (χ2n) is 8.94. The van der Waals surface area contributed by atoms with Gasteiger partial charge in [-0.1, -0.05) is 47.0 Å². The van der Waals surface area contributed by atoms with E-state index in [9.17, 15) is 9.59 Å². The Kier molecular flexibility index (Phi) is 7.17. The lowest BCUT2D eigenvalue weighted by Gasteiger charge is -2.39. The number of nitrogens with one attached hydrogen (secondary N) is 1. The van der Waals surface area contributed by atoms with Gasteiger partial charge in [0.15, 0.2) is 0 Å². The zero-order valence-corrected chi connectivity index (χ0v) is 19.8. The van der Waals surface area contributed by atoms with Crippen LogP contribution in [-0.4, -0.2) is 41.6 Å². The predicted molar refractivity (Wildman–Crippen MR) is 124 cm³/mol. The summed E-state index contributed by atoms with van der Waals surface area (Å²) in [5, 5.41) is 4.06. The van der Waals surface area contributed by atoms with Crippen molar-refractivity contribution < 1.29 is 14.3 Å². The molecule has 2 aromatic carbocycles. The quantitative estimate of drug-likeness (QED) is 0.624. The lowest BCUT2D eigenvalue weighted by atomic mass is 9.86. The van der Waals surface area contributed by atoms with E-state index in [0.29, 0.717) is 35.1 Å². The van der Waals surface area contributed by atoms with E-state index in [4.69, 9.17) is 27.9 Å². The number of hydrogen-bond donors (Lipinski definition) is 1. The average Bonchev–Trinajstić information content (AvgIpc) is 2.69. The molecular formula is C24H28Cl2N2O3. The molecule has 7 heteroatoms. The molecule has 2 amide bonds. The molecule has 2 aromatic rings. The Morgan fingerprint density at radius 1 is 1.06 bits per heavy atom. The molecule has 0 aliphatic carbocycles. The summed E-state index contributed by atoms with van der Waals surface area (Å²) in [5.41, 5.74) is 2.04. The summed E-state index contributed by atoms with van der Waals surface area (Å²) >= 11 is 12.4. The monoisotopic (exact) mass is 462 g/mol. The van der Waals surface area contributed by atoms with Crippen LogP contribution >= 0.6 is 23.2 Å². The van der Waals surface area contributed by atoms with Gasteiger partial charge in [-0.3, -0.25) is 4.79 Å². The van der Waals surface area contributed by atoms with Crippen LogP contribution in [0.5, 0.6) is 0 Å². The molecule has 1 heterocycles. The molecule has 0 spiro atoms. The lowest BCUT2D eigenvalue weighted by molar-refractivity contribution is 0.0177. The Morgan fingerprint density at radius 3 is 2.35 bits per heavy atom. The highest BCUT2D eigenvalue weighted by atomic mass is 35.5. The van der Waals surface area contributed by atoms with Crippen LogP contribution in [0.3, 0.4) is 0 Å². The number of rotatable bonds is 3. The van der Waals surface area contributed by atoms with Crippen molar-refractivity contribution in [2.45, 2.75) is 51.7 Å². The van der Waals surface area contributed by atoms with Crippen LogP contribution in [0.25, 0.3) is 0 Å². The van der Waals surface area contributed by atoms with Gasteiger partial charge >= 0.3 is 6.09 Å². The minimum absolute atomic E-state index is 0.138. The number of hydrogen-bond acceptors (Lipinski definition) is 3. The first-order valence-corrected chi connectivity index (χ1v) is 11.1. The predicted octanol–water partition coefficient (Wildman–Crippen LogP) is 5.82. The number of benzene rings is 2. The van der Waals surface area contributed by atoms with Crippen molar-refractivity contribution in [2.75, 3.05) is 13.1 Å². The number of aryl methyl sites for hydroxylation is 1.